The Kier molecular flexibility index (Phi) is 2.24. The molecule has 1 fully saturated rings. The van der Waals surface area contributed by atoms with E-state index in [0.717, 1.165) is 6.42 Å². The van der Waals surface area contributed by atoms with Gasteiger partial charge in [0.15, 0.2) is 0 Å². The number of alkyl halides is 2. The molecule has 2 N–H and O–H groups in total. The van der Waals surface area contributed by atoms with Crippen molar-refractivity contribution in [1.29, 1.82) is 0 Å². The summed E-state index contributed by atoms with van der Waals surface area (Å²) in [6, 6.07) is 0. The monoisotopic (exact) mass is 149 g/mol. The van der Waals surface area contributed by atoms with Gasteiger partial charge in [0.1, 0.15) is 0 Å². The fraction of sp³-hybridized carbons (Fsp3) is 1.00. The normalized spacial score (nSPS) is 20.7. The van der Waals surface area contributed by atoms with Crippen LogP contribution in [0.25, 0.3) is 0 Å². The largest absolute Gasteiger partial charge is 0.330 e. The summed E-state index contributed by atoms with van der Waals surface area (Å²) in [5.74, 6) is -2.84. The summed E-state index contributed by atoms with van der Waals surface area (Å²) in [7, 11) is 0. The minimum atomic E-state index is -2.48. The van der Waals surface area contributed by atoms with Crippen molar-refractivity contribution in [3.8, 4) is 0 Å². The van der Waals surface area contributed by atoms with Crippen molar-refractivity contribution in [2.24, 2.45) is 11.7 Å². The van der Waals surface area contributed by atoms with Gasteiger partial charge in [0.25, 0.3) is 5.92 Å². The molecule has 0 aromatic rings. The van der Waals surface area contributed by atoms with E-state index in [-0.39, 0.29) is 18.9 Å². The zero-order chi connectivity index (χ0) is 7.61. The summed E-state index contributed by atoms with van der Waals surface area (Å²) in [6.07, 6.45) is 2.20. The quantitative estimate of drug-likeness (QED) is 0.650. The van der Waals surface area contributed by atoms with E-state index in [9.17, 15) is 8.78 Å². The molecular formula is C7H13F2N. The van der Waals surface area contributed by atoms with Gasteiger partial charge in [0.2, 0.25) is 0 Å². The summed E-state index contributed by atoms with van der Waals surface area (Å²) in [6.45, 7) is 0.101. The van der Waals surface area contributed by atoms with E-state index in [1.165, 1.54) is 0 Å². The zero-order valence-electron chi connectivity index (χ0n) is 5.95. The Bertz CT molecular complexity index is 110. The number of nitrogens with two attached hydrogens (primary N) is 1. The molecule has 0 radical (unpaired) electrons. The maximum Gasteiger partial charge on any atom is 0.252 e. The highest BCUT2D eigenvalue weighted by atomic mass is 19.3. The highest BCUT2D eigenvalue weighted by molar-refractivity contribution is 4.83. The first-order valence-corrected chi connectivity index (χ1v) is 3.74. The molecule has 0 amide bonds. The van der Waals surface area contributed by atoms with E-state index in [0.29, 0.717) is 12.8 Å². The van der Waals surface area contributed by atoms with Crippen LogP contribution in [0.15, 0.2) is 0 Å². The Hall–Kier alpha value is -0.180. The van der Waals surface area contributed by atoms with E-state index in [2.05, 4.69) is 0 Å². The molecule has 10 heavy (non-hydrogen) atoms. The van der Waals surface area contributed by atoms with Crippen molar-refractivity contribution in [3.05, 3.63) is 0 Å². The number of rotatable bonds is 3. The van der Waals surface area contributed by atoms with Gasteiger partial charge in [-0.2, -0.15) is 0 Å². The molecule has 0 aliphatic heterocycles. The lowest BCUT2D eigenvalue weighted by Gasteiger charge is -2.33. The van der Waals surface area contributed by atoms with Gasteiger partial charge in [-0.1, -0.05) is 6.42 Å². The van der Waals surface area contributed by atoms with Gasteiger partial charge < -0.3 is 5.73 Å². The first kappa shape index (κ1) is 7.92. The molecule has 0 aromatic carbocycles. The first-order valence-electron chi connectivity index (χ1n) is 3.74. The first-order chi connectivity index (χ1) is 4.67. The van der Waals surface area contributed by atoms with Crippen LogP contribution in [0, 0.1) is 5.92 Å². The van der Waals surface area contributed by atoms with Gasteiger partial charge >= 0.3 is 0 Å². The van der Waals surface area contributed by atoms with Crippen molar-refractivity contribution in [1.82, 2.24) is 0 Å². The van der Waals surface area contributed by atoms with Crippen LogP contribution in [0.1, 0.15) is 25.7 Å². The third kappa shape index (κ3) is 1.45. The molecule has 1 aliphatic rings. The average molecular weight is 149 g/mol. The van der Waals surface area contributed by atoms with E-state index >= 15 is 0 Å². The molecule has 1 saturated carbocycles. The van der Waals surface area contributed by atoms with Gasteiger partial charge in [-0.05, 0) is 19.4 Å². The SMILES string of the molecule is NCCC(F)(F)C1CCC1. The van der Waals surface area contributed by atoms with Gasteiger partial charge in [-0.15, -0.1) is 0 Å². The van der Waals surface area contributed by atoms with Crippen LogP contribution in [0.3, 0.4) is 0 Å². The number of hydrogen-bond acceptors (Lipinski definition) is 1. The highest BCUT2D eigenvalue weighted by Gasteiger charge is 2.41. The van der Waals surface area contributed by atoms with E-state index in [1.807, 2.05) is 0 Å². The van der Waals surface area contributed by atoms with Crippen LogP contribution >= 0.6 is 0 Å². The second kappa shape index (κ2) is 2.82. The summed E-state index contributed by atoms with van der Waals surface area (Å²) in [4.78, 5) is 0. The fourth-order valence-electron chi connectivity index (χ4n) is 1.23. The fourth-order valence-corrected chi connectivity index (χ4v) is 1.23. The average Bonchev–Trinajstić information content (AvgIpc) is 1.56. The summed E-state index contributed by atoms with van der Waals surface area (Å²) in [5, 5.41) is 0. The Balaban J connectivity index is 2.33. The number of hydrogen-bond donors (Lipinski definition) is 1. The topological polar surface area (TPSA) is 26.0 Å². The smallest absolute Gasteiger partial charge is 0.252 e. The van der Waals surface area contributed by atoms with Crippen LogP contribution in [0.4, 0.5) is 8.78 Å². The van der Waals surface area contributed by atoms with Crippen LogP contribution in [-0.2, 0) is 0 Å². The van der Waals surface area contributed by atoms with Crippen molar-refractivity contribution in [2.75, 3.05) is 6.54 Å². The lowest BCUT2D eigenvalue weighted by atomic mass is 9.79. The summed E-state index contributed by atoms with van der Waals surface area (Å²) in [5.41, 5.74) is 5.05. The Labute approximate surface area is 59.6 Å². The lowest BCUT2D eigenvalue weighted by Crippen LogP contribution is -2.35. The summed E-state index contributed by atoms with van der Waals surface area (Å²) >= 11 is 0. The molecule has 0 spiro atoms. The van der Waals surface area contributed by atoms with Crippen LogP contribution in [0.5, 0.6) is 0 Å². The standard InChI is InChI=1S/C7H13F2N/c8-7(9,4-5-10)6-2-1-3-6/h6H,1-5,10H2. The Morgan fingerprint density at radius 3 is 2.30 bits per heavy atom. The molecule has 60 valence electrons. The van der Waals surface area contributed by atoms with Crippen LogP contribution in [0.2, 0.25) is 0 Å². The number of halogens is 2. The van der Waals surface area contributed by atoms with Crippen molar-refractivity contribution in [2.45, 2.75) is 31.6 Å². The lowest BCUT2D eigenvalue weighted by molar-refractivity contribution is -0.0910. The van der Waals surface area contributed by atoms with Gasteiger partial charge in [0.05, 0.1) is 0 Å². The maximum absolute atomic E-state index is 12.8. The predicted molar refractivity (Wildman–Crippen MR) is 36.0 cm³/mol. The third-order valence-corrected chi connectivity index (χ3v) is 2.18. The molecule has 0 bridgehead atoms. The molecule has 1 nitrogen and oxygen atoms in total. The van der Waals surface area contributed by atoms with E-state index in [4.69, 9.17) is 5.73 Å². The highest BCUT2D eigenvalue weighted by Crippen LogP contribution is 2.41. The third-order valence-electron chi connectivity index (χ3n) is 2.18. The molecule has 0 saturated heterocycles. The Morgan fingerprint density at radius 2 is 2.00 bits per heavy atom. The second-order valence-corrected chi connectivity index (χ2v) is 2.93. The second-order valence-electron chi connectivity index (χ2n) is 2.93. The molecular weight excluding hydrogens is 136 g/mol. The molecule has 0 heterocycles. The molecule has 0 unspecified atom stereocenters. The van der Waals surface area contributed by atoms with Gasteiger partial charge in [0, 0.05) is 12.3 Å². The van der Waals surface area contributed by atoms with Crippen molar-refractivity contribution >= 4 is 0 Å². The van der Waals surface area contributed by atoms with Gasteiger partial charge in [-0.3, -0.25) is 0 Å². The minimum Gasteiger partial charge on any atom is -0.330 e. The maximum atomic E-state index is 12.8. The molecule has 3 heteroatoms. The van der Waals surface area contributed by atoms with E-state index < -0.39 is 5.92 Å². The Morgan fingerprint density at radius 1 is 1.40 bits per heavy atom. The molecule has 1 aliphatic carbocycles. The molecule has 1 rings (SSSR count). The minimum absolute atomic E-state index is 0.101. The molecule has 0 atom stereocenters. The summed E-state index contributed by atoms with van der Waals surface area (Å²) < 4.78 is 25.6. The van der Waals surface area contributed by atoms with Crippen molar-refractivity contribution < 1.29 is 8.78 Å². The van der Waals surface area contributed by atoms with Crippen LogP contribution < -0.4 is 5.73 Å². The van der Waals surface area contributed by atoms with Gasteiger partial charge in [-0.25, -0.2) is 8.78 Å². The molecule has 0 aromatic heterocycles. The predicted octanol–water partition coefficient (Wildman–Crippen LogP) is 1.77. The van der Waals surface area contributed by atoms with Crippen molar-refractivity contribution in [3.63, 3.8) is 0 Å². The van der Waals surface area contributed by atoms with E-state index in [1.54, 1.807) is 0 Å². The van der Waals surface area contributed by atoms with Crippen LogP contribution in [-0.4, -0.2) is 12.5 Å². The zero-order valence-corrected chi connectivity index (χ0v) is 5.95.